The van der Waals surface area contributed by atoms with Gasteiger partial charge in [-0.05, 0) is 25.7 Å². The van der Waals surface area contributed by atoms with Gasteiger partial charge in [-0.1, -0.05) is 6.92 Å². The van der Waals surface area contributed by atoms with Gasteiger partial charge in [-0.2, -0.15) is 0 Å². The number of methoxy groups -OCH3 is 2. The van der Waals surface area contributed by atoms with Crippen molar-refractivity contribution in [1.29, 1.82) is 0 Å². The molecule has 2 amide bonds. The van der Waals surface area contributed by atoms with E-state index in [9.17, 15) is 9.59 Å². The smallest absolute Gasteiger partial charge is 0.225 e. The minimum absolute atomic E-state index is 0.00345. The molecule has 4 unspecified atom stereocenters. The molecular weight excluding hydrogens is 272 g/mol. The number of hydrogen-bond acceptors (Lipinski definition) is 4. The van der Waals surface area contributed by atoms with E-state index in [1.165, 1.54) is 0 Å². The van der Waals surface area contributed by atoms with Crippen molar-refractivity contribution in [3.8, 4) is 0 Å². The van der Waals surface area contributed by atoms with Crippen molar-refractivity contribution < 1.29 is 19.1 Å². The van der Waals surface area contributed by atoms with Gasteiger partial charge < -0.3 is 19.3 Å². The van der Waals surface area contributed by atoms with E-state index >= 15 is 0 Å². The first-order valence-corrected chi connectivity index (χ1v) is 7.71. The number of fused-ring (bicyclic) bond motifs is 2. The summed E-state index contributed by atoms with van der Waals surface area (Å²) >= 11 is 0. The maximum Gasteiger partial charge on any atom is 0.225 e. The highest BCUT2D eigenvalue weighted by molar-refractivity contribution is 5.80. The molecule has 6 heteroatoms. The van der Waals surface area contributed by atoms with Crippen LogP contribution in [0.4, 0.5) is 0 Å². The summed E-state index contributed by atoms with van der Waals surface area (Å²) in [7, 11) is 3.27. The van der Waals surface area contributed by atoms with Gasteiger partial charge in [0.1, 0.15) is 0 Å². The molecule has 3 rings (SSSR count). The Morgan fingerprint density at radius 3 is 1.86 bits per heavy atom. The number of piperazine rings is 1. The largest absolute Gasteiger partial charge is 0.357 e. The monoisotopic (exact) mass is 296 g/mol. The molecule has 0 N–H and O–H groups in total. The highest BCUT2D eigenvalue weighted by Crippen LogP contribution is 2.57. The van der Waals surface area contributed by atoms with Crippen LogP contribution in [0, 0.1) is 0 Å². The first-order chi connectivity index (χ1) is 9.98. The Morgan fingerprint density at radius 2 is 1.52 bits per heavy atom. The van der Waals surface area contributed by atoms with Gasteiger partial charge >= 0.3 is 0 Å². The van der Waals surface area contributed by atoms with Crippen LogP contribution in [-0.4, -0.2) is 59.4 Å². The number of rotatable bonds is 3. The average Bonchev–Trinajstić information content (AvgIpc) is 2.42. The molecule has 2 saturated carbocycles. The molecule has 0 aromatic carbocycles. The Morgan fingerprint density at radius 1 is 1.05 bits per heavy atom. The third-order valence-electron chi connectivity index (χ3n) is 5.65. The summed E-state index contributed by atoms with van der Waals surface area (Å²) in [5.74, 6) is 0.0761. The second kappa shape index (κ2) is 4.68. The van der Waals surface area contributed by atoms with Gasteiger partial charge in [-0.15, -0.1) is 0 Å². The summed E-state index contributed by atoms with van der Waals surface area (Å²) in [6, 6.07) is -0.206. The SMILES string of the molecule is CCC(=O)N1C2CCC2(OC)N(C(C)=O)C2CCC21OC. The van der Waals surface area contributed by atoms with Crippen LogP contribution in [-0.2, 0) is 19.1 Å². The van der Waals surface area contributed by atoms with Crippen LogP contribution in [0.5, 0.6) is 0 Å². The van der Waals surface area contributed by atoms with Crippen LogP contribution in [0.1, 0.15) is 46.0 Å². The molecule has 4 atom stereocenters. The van der Waals surface area contributed by atoms with Gasteiger partial charge in [-0.25, -0.2) is 0 Å². The molecule has 3 aliphatic rings. The molecule has 1 heterocycles. The van der Waals surface area contributed by atoms with Crippen molar-refractivity contribution in [2.24, 2.45) is 0 Å². The van der Waals surface area contributed by atoms with Crippen LogP contribution in [0.2, 0.25) is 0 Å². The first kappa shape index (κ1) is 14.8. The van der Waals surface area contributed by atoms with Crippen LogP contribution in [0.15, 0.2) is 0 Å². The molecule has 3 fully saturated rings. The van der Waals surface area contributed by atoms with Crippen molar-refractivity contribution >= 4 is 11.8 Å². The van der Waals surface area contributed by atoms with E-state index in [0.717, 1.165) is 25.7 Å². The Balaban J connectivity index is 2.08. The molecule has 6 nitrogen and oxygen atoms in total. The van der Waals surface area contributed by atoms with Crippen LogP contribution >= 0.6 is 0 Å². The van der Waals surface area contributed by atoms with E-state index < -0.39 is 11.4 Å². The number of carbonyl (C=O) groups is 2. The lowest BCUT2D eigenvalue weighted by molar-refractivity contribution is -0.355. The molecular formula is C15H24N2O4. The molecule has 0 aromatic heterocycles. The van der Waals surface area contributed by atoms with E-state index in [1.807, 2.05) is 16.7 Å². The van der Waals surface area contributed by atoms with Crippen molar-refractivity contribution in [3.63, 3.8) is 0 Å². The number of amides is 2. The maximum atomic E-state index is 12.5. The Hall–Kier alpha value is -1.14. The maximum absolute atomic E-state index is 12.5. The standard InChI is InChI=1S/C15H24N2O4/c1-5-13(19)17-12-7-8-14(12,20-3)16(10(2)18)11-6-9-15(11,17)21-4/h11-12H,5-9H2,1-4H3. The average molecular weight is 296 g/mol. The van der Waals surface area contributed by atoms with E-state index in [4.69, 9.17) is 9.47 Å². The van der Waals surface area contributed by atoms with Crippen LogP contribution in [0.25, 0.3) is 0 Å². The summed E-state index contributed by atoms with van der Waals surface area (Å²) < 4.78 is 11.6. The minimum atomic E-state index is -0.663. The van der Waals surface area contributed by atoms with Crippen molar-refractivity contribution in [1.82, 2.24) is 9.80 Å². The Kier molecular flexibility index (Phi) is 3.29. The lowest BCUT2D eigenvalue weighted by Gasteiger charge is -2.72. The van der Waals surface area contributed by atoms with E-state index in [-0.39, 0.29) is 23.9 Å². The molecule has 0 spiro atoms. The fraction of sp³-hybridized carbons (Fsp3) is 0.867. The predicted octanol–water partition coefficient (Wildman–Crippen LogP) is 1.10. The minimum Gasteiger partial charge on any atom is -0.357 e. The molecule has 118 valence electrons. The first-order valence-electron chi connectivity index (χ1n) is 7.71. The molecule has 0 aromatic rings. The number of ether oxygens (including phenoxy) is 2. The molecule has 1 saturated heterocycles. The van der Waals surface area contributed by atoms with Gasteiger partial charge in [0.25, 0.3) is 0 Å². The van der Waals surface area contributed by atoms with Gasteiger partial charge in [0.2, 0.25) is 11.8 Å². The normalized spacial score (nSPS) is 40.8. The second-order valence-electron chi connectivity index (χ2n) is 6.21. The molecule has 0 bridgehead atoms. The molecule has 21 heavy (non-hydrogen) atoms. The lowest BCUT2D eigenvalue weighted by Crippen LogP contribution is -2.88. The van der Waals surface area contributed by atoms with E-state index in [0.29, 0.717) is 6.42 Å². The van der Waals surface area contributed by atoms with Crippen LogP contribution in [0.3, 0.4) is 0 Å². The summed E-state index contributed by atoms with van der Waals surface area (Å²) in [5.41, 5.74) is -1.32. The zero-order chi connectivity index (χ0) is 15.4. The predicted molar refractivity (Wildman–Crippen MR) is 75.2 cm³/mol. The topological polar surface area (TPSA) is 59.1 Å². The van der Waals surface area contributed by atoms with Crippen molar-refractivity contribution in [2.75, 3.05) is 14.2 Å². The quantitative estimate of drug-likeness (QED) is 0.782. The lowest BCUT2D eigenvalue weighted by atomic mass is 9.66. The summed E-state index contributed by atoms with van der Waals surface area (Å²) in [6.07, 6.45) is 3.69. The van der Waals surface area contributed by atoms with Gasteiger partial charge in [0, 0.05) is 27.6 Å². The zero-order valence-corrected chi connectivity index (χ0v) is 13.2. The van der Waals surface area contributed by atoms with Crippen molar-refractivity contribution in [3.05, 3.63) is 0 Å². The van der Waals surface area contributed by atoms with Gasteiger partial charge in [-0.3, -0.25) is 9.59 Å². The number of nitrogens with zero attached hydrogens (tertiary/aromatic N) is 2. The molecule has 0 radical (unpaired) electrons. The highest BCUT2D eigenvalue weighted by Gasteiger charge is 2.72. The third kappa shape index (κ3) is 1.55. The summed E-state index contributed by atoms with van der Waals surface area (Å²) in [6.45, 7) is 3.44. The second-order valence-corrected chi connectivity index (χ2v) is 6.21. The summed E-state index contributed by atoms with van der Waals surface area (Å²) in [4.78, 5) is 28.5. The Labute approximate surface area is 125 Å². The van der Waals surface area contributed by atoms with E-state index in [2.05, 4.69) is 0 Å². The van der Waals surface area contributed by atoms with Crippen molar-refractivity contribution in [2.45, 2.75) is 69.5 Å². The third-order valence-corrected chi connectivity index (χ3v) is 5.65. The van der Waals surface area contributed by atoms with E-state index in [1.54, 1.807) is 21.1 Å². The van der Waals surface area contributed by atoms with Gasteiger partial charge in [0.15, 0.2) is 11.4 Å². The number of hydrogen-bond donors (Lipinski definition) is 0. The van der Waals surface area contributed by atoms with Gasteiger partial charge in [0.05, 0.1) is 12.1 Å². The number of carbonyl (C=O) groups excluding carboxylic acids is 2. The fourth-order valence-corrected chi connectivity index (χ4v) is 4.51. The zero-order valence-electron chi connectivity index (χ0n) is 13.2. The van der Waals surface area contributed by atoms with Crippen LogP contribution < -0.4 is 0 Å². The molecule has 1 aliphatic heterocycles. The highest BCUT2D eigenvalue weighted by atomic mass is 16.5. The molecule has 2 aliphatic carbocycles. The summed E-state index contributed by atoms with van der Waals surface area (Å²) in [5, 5.41) is 0. The Bertz CT molecular complexity index is 474. The fourth-order valence-electron chi connectivity index (χ4n) is 4.51.